The third-order valence-corrected chi connectivity index (χ3v) is 2.86. The molecule has 1 amide bonds. The van der Waals surface area contributed by atoms with Crippen LogP contribution in [0.4, 0.5) is 4.39 Å². The normalized spacial score (nSPS) is 12.0. The molecule has 1 aromatic carbocycles. The number of nitrogens with one attached hydrogen (secondary N) is 1. The highest BCUT2D eigenvalue weighted by Crippen LogP contribution is 2.16. The Hall–Kier alpha value is -1.33. The van der Waals surface area contributed by atoms with Crippen LogP contribution in [0.2, 0.25) is 0 Å². The summed E-state index contributed by atoms with van der Waals surface area (Å²) in [6.07, 6.45) is 0.554. The van der Waals surface area contributed by atoms with E-state index in [4.69, 9.17) is 21.1 Å². The maximum Gasteiger partial charge on any atom is 0.254 e. The molecule has 1 atom stereocenters. The maximum absolute atomic E-state index is 13.6. The minimum Gasteiger partial charge on any atom is -0.497 e. The highest BCUT2D eigenvalue weighted by Gasteiger charge is 2.12. The van der Waals surface area contributed by atoms with Gasteiger partial charge in [0.2, 0.25) is 0 Å². The first-order valence-corrected chi connectivity index (χ1v) is 6.27. The van der Waals surface area contributed by atoms with Gasteiger partial charge in [0.15, 0.2) is 0 Å². The average Bonchev–Trinajstić information content (AvgIpc) is 2.38. The largest absolute Gasteiger partial charge is 0.497 e. The van der Waals surface area contributed by atoms with Crippen LogP contribution in [0.1, 0.15) is 16.8 Å². The number of alkyl halides is 1. The molecule has 106 valence electrons. The zero-order valence-corrected chi connectivity index (χ0v) is 11.7. The smallest absolute Gasteiger partial charge is 0.254 e. The third-order valence-electron chi connectivity index (χ3n) is 2.51. The van der Waals surface area contributed by atoms with Crippen LogP contribution >= 0.6 is 11.6 Å². The number of halogens is 2. The van der Waals surface area contributed by atoms with Gasteiger partial charge in [0.1, 0.15) is 11.6 Å². The van der Waals surface area contributed by atoms with Gasteiger partial charge in [-0.3, -0.25) is 4.79 Å². The van der Waals surface area contributed by atoms with Crippen molar-refractivity contribution in [2.45, 2.75) is 11.8 Å². The Labute approximate surface area is 116 Å². The zero-order valence-electron chi connectivity index (χ0n) is 10.9. The molecular weight excluding hydrogens is 273 g/mol. The maximum atomic E-state index is 13.6. The molecule has 0 heterocycles. The lowest BCUT2D eigenvalue weighted by Crippen LogP contribution is -2.27. The van der Waals surface area contributed by atoms with E-state index in [2.05, 4.69) is 5.32 Å². The Morgan fingerprint density at radius 1 is 1.47 bits per heavy atom. The summed E-state index contributed by atoms with van der Waals surface area (Å²) in [6.45, 7) is 0.774. The average molecular weight is 290 g/mol. The fraction of sp³-hybridized carbons (Fsp3) is 0.462. The summed E-state index contributed by atoms with van der Waals surface area (Å²) in [6, 6.07) is 4.09. The summed E-state index contributed by atoms with van der Waals surface area (Å²) in [5, 5.41) is 2.43. The van der Waals surface area contributed by atoms with E-state index in [1.165, 1.54) is 25.3 Å². The first-order valence-electron chi connectivity index (χ1n) is 5.83. The van der Waals surface area contributed by atoms with Gasteiger partial charge in [0.05, 0.1) is 24.7 Å². The van der Waals surface area contributed by atoms with Crippen molar-refractivity contribution in [2.24, 2.45) is 0 Å². The molecule has 0 saturated heterocycles. The monoisotopic (exact) mass is 289 g/mol. The lowest BCUT2D eigenvalue weighted by molar-refractivity contribution is 0.0947. The molecule has 0 aliphatic carbocycles. The second kappa shape index (κ2) is 7.96. The zero-order chi connectivity index (χ0) is 14.3. The van der Waals surface area contributed by atoms with Crippen LogP contribution in [-0.4, -0.2) is 38.7 Å². The number of hydrogen-bond acceptors (Lipinski definition) is 3. The highest BCUT2D eigenvalue weighted by molar-refractivity contribution is 6.20. The number of rotatable bonds is 7. The number of amides is 1. The minimum atomic E-state index is -0.615. The van der Waals surface area contributed by atoms with Crippen molar-refractivity contribution >= 4 is 17.5 Å². The molecule has 4 nitrogen and oxygen atoms in total. The number of methoxy groups -OCH3 is 2. The van der Waals surface area contributed by atoms with Crippen molar-refractivity contribution in [3.63, 3.8) is 0 Å². The Kier molecular flexibility index (Phi) is 6.59. The standard InChI is InChI=1S/C13H17ClFNO3/c1-18-8-9(14)5-6-16-13(17)11-4-3-10(19-2)7-12(11)15/h3-4,7,9H,5-6,8H2,1-2H3,(H,16,17). The highest BCUT2D eigenvalue weighted by atomic mass is 35.5. The molecule has 6 heteroatoms. The Bertz CT molecular complexity index is 428. The van der Waals surface area contributed by atoms with Gasteiger partial charge in [-0.2, -0.15) is 0 Å². The molecule has 1 rings (SSSR count). The Balaban J connectivity index is 2.50. The first-order chi connectivity index (χ1) is 9.08. The van der Waals surface area contributed by atoms with Crippen LogP contribution in [0.15, 0.2) is 18.2 Å². The summed E-state index contributed by atoms with van der Waals surface area (Å²) in [7, 11) is 2.99. The molecule has 1 N–H and O–H groups in total. The lowest BCUT2D eigenvalue weighted by atomic mass is 10.2. The van der Waals surface area contributed by atoms with E-state index >= 15 is 0 Å². The number of carbonyl (C=O) groups is 1. The predicted octanol–water partition coefficient (Wildman–Crippen LogP) is 2.21. The van der Waals surface area contributed by atoms with Crippen molar-refractivity contribution in [2.75, 3.05) is 27.4 Å². The number of benzene rings is 1. The van der Waals surface area contributed by atoms with Crippen LogP contribution in [0, 0.1) is 5.82 Å². The third kappa shape index (κ3) is 5.04. The van der Waals surface area contributed by atoms with E-state index < -0.39 is 11.7 Å². The van der Waals surface area contributed by atoms with Gasteiger partial charge in [0, 0.05) is 19.7 Å². The molecule has 0 spiro atoms. The van der Waals surface area contributed by atoms with Gasteiger partial charge in [-0.1, -0.05) is 0 Å². The van der Waals surface area contributed by atoms with E-state index in [1.54, 1.807) is 7.11 Å². The lowest BCUT2D eigenvalue weighted by Gasteiger charge is -2.10. The van der Waals surface area contributed by atoms with Crippen LogP contribution in [0.3, 0.4) is 0 Å². The molecule has 0 bridgehead atoms. The number of carbonyl (C=O) groups excluding carboxylic acids is 1. The molecule has 0 fully saturated rings. The molecule has 0 aliphatic heterocycles. The quantitative estimate of drug-likeness (QED) is 0.783. The molecular formula is C13H17ClFNO3. The summed E-state index contributed by atoms with van der Waals surface area (Å²) in [5.74, 6) is -0.715. The molecule has 0 aromatic heterocycles. The summed E-state index contributed by atoms with van der Waals surface area (Å²) in [4.78, 5) is 11.7. The Morgan fingerprint density at radius 2 is 2.21 bits per heavy atom. The van der Waals surface area contributed by atoms with Crippen molar-refractivity contribution < 1.29 is 18.7 Å². The van der Waals surface area contributed by atoms with Gasteiger partial charge in [-0.05, 0) is 18.6 Å². The first kappa shape index (κ1) is 15.7. The van der Waals surface area contributed by atoms with Crippen molar-refractivity contribution in [3.8, 4) is 5.75 Å². The summed E-state index contributed by atoms with van der Waals surface area (Å²) >= 11 is 5.91. The number of ether oxygens (including phenoxy) is 2. The van der Waals surface area contributed by atoms with E-state index in [-0.39, 0.29) is 10.9 Å². The van der Waals surface area contributed by atoms with Gasteiger partial charge < -0.3 is 14.8 Å². The van der Waals surface area contributed by atoms with Gasteiger partial charge in [0.25, 0.3) is 5.91 Å². The van der Waals surface area contributed by atoms with Crippen LogP contribution < -0.4 is 10.1 Å². The number of hydrogen-bond donors (Lipinski definition) is 1. The van der Waals surface area contributed by atoms with E-state index in [0.717, 1.165) is 0 Å². The van der Waals surface area contributed by atoms with Crippen molar-refractivity contribution in [3.05, 3.63) is 29.6 Å². The second-order valence-electron chi connectivity index (χ2n) is 3.94. The molecule has 0 aliphatic rings. The molecule has 1 aromatic rings. The van der Waals surface area contributed by atoms with E-state index in [1.807, 2.05) is 0 Å². The van der Waals surface area contributed by atoms with Crippen LogP contribution in [0.25, 0.3) is 0 Å². The predicted molar refractivity (Wildman–Crippen MR) is 71.4 cm³/mol. The Morgan fingerprint density at radius 3 is 2.79 bits per heavy atom. The van der Waals surface area contributed by atoms with Gasteiger partial charge in [-0.15, -0.1) is 11.6 Å². The van der Waals surface area contributed by atoms with Gasteiger partial charge in [-0.25, -0.2) is 4.39 Å². The SMILES string of the molecule is COCC(Cl)CCNC(=O)c1ccc(OC)cc1F. The summed E-state index contributed by atoms with van der Waals surface area (Å²) < 4.78 is 23.3. The fourth-order valence-electron chi connectivity index (χ4n) is 1.51. The van der Waals surface area contributed by atoms with E-state index in [9.17, 15) is 9.18 Å². The van der Waals surface area contributed by atoms with Crippen LogP contribution in [0.5, 0.6) is 5.75 Å². The summed E-state index contributed by atoms with van der Waals surface area (Å²) in [5.41, 5.74) is -0.0151. The molecule has 19 heavy (non-hydrogen) atoms. The van der Waals surface area contributed by atoms with Crippen LogP contribution in [-0.2, 0) is 4.74 Å². The molecule has 0 radical (unpaired) electrons. The van der Waals surface area contributed by atoms with Crippen molar-refractivity contribution in [1.82, 2.24) is 5.32 Å². The minimum absolute atomic E-state index is 0.0151. The topological polar surface area (TPSA) is 47.6 Å². The second-order valence-corrected chi connectivity index (χ2v) is 4.56. The molecule has 0 saturated carbocycles. The molecule has 1 unspecified atom stereocenters. The fourth-order valence-corrected chi connectivity index (χ4v) is 1.74. The van der Waals surface area contributed by atoms with Gasteiger partial charge >= 0.3 is 0 Å². The van der Waals surface area contributed by atoms with E-state index in [0.29, 0.717) is 25.3 Å². The van der Waals surface area contributed by atoms with Crippen molar-refractivity contribution in [1.29, 1.82) is 0 Å².